The molecule has 4 aromatic rings. The summed E-state index contributed by atoms with van der Waals surface area (Å²) < 4.78 is 0. The van der Waals surface area contributed by atoms with E-state index in [1.54, 1.807) is 0 Å². The normalized spacial score (nSPS) is 12.2. The lowest BCUT2D eigenvalue weighted by Gasteiger charge is -2.19. The molecule has 4 aromatic carbocycles. The Labute approximate surface area is 148 Å². The summed E-state index contributed by atoms with van der Waals surface area (Å²) in [5.41, 5.74) is 0. The van der Waals surface area contributed by atoms with E-state index in [9.17, 15) is 14.7 Å². The Kier molecular flexibility index (Phi) is 4.24. The van der Waals surface area contributed by atoms with E-state index in [-0.39, 0.29) is 0 Å². The molecule has 0 bridgehead atoms. The highest BCUT2D eigenvalue weighted by molar-refractivity contribution is 8.27. The largest absolute Gasteiger partial charge is 0.328 e. The second-order valence-electron chi connectivity index (χ2n) is 5.75. The maximum Gasteiger partial charge on any atom is 0.286 e. The molecule has 0 saturated heterocycles. The summed E-state index contributed by atoms with van der Waals surface area (Å²) in [7, 11) is -1.24. The molecule has 0 unspecified atom stereocenters. The zero-order chi connectivity index (χ0) is 17.4. The van der Waals surface area contributed by atoms with Crippen LogP contribution in [0.2, 0.25) is 0 Å². The molecule has 0 aliphatic carbocycles. The third-order valence-corrected chi connectivity index (χ3v) is 8.85. The van der Waals surface area contributed by atoms with Gasteiger partial charge in [0.1, 0.15) is 0 Å². The summed E-state index contributed by atoms with van der Waals surface area (Å²) in [5.74, 6) is 0. The fourth-order valence-electron chi connectivity index (χ4n) is 3.11. The van der Waals surface area contributed by atoms with Gasteiger partial charge >= 0.3 is 0 Å². The average molecular weight is 368 g/mol. The summed E-state index contributed by atoms with van der Waals surface area (Å²) in [5, 5.41) is 3.85. The second-order valence-corrected chi connectivity index (χ2v) is 10.8. The van der Waals surface area contributed by atoms with Gasteiger partial charge in [-0.25, -0.2) is 0 Å². The molecule has 4 rings (SSSR count). The molecule has 0 atom stereocenters. The Morgan fingerprint density at radius 3 is 1.36 bits per heavy atom. The van der Waals surface area contributed by atoms with Gasteiger partial charge in [-0.3, -0.25) is 0 Å². The SMILES string of the molecule is OP(O)(O)=S(c1cccc2ccccc12)c1cccc2ccccc12. The van der Waals surface area contributed by atoms with Crippen LogP contribution in [0, 0.1) is 0 Å². The molecule has 126 valence electrons. The van der Waals surface area contributed by atoms with Crippen molar-refractivity contribution in [1.82, 2.24) is 0 Å². The van der Waals surface area contributed by atoms with Crippen molar-refractivity contribution in [3.05, 3.63) is 84.9 Å². The van der Waals surface area contributed by atoms with Crippen molar-refractivity contribution < 1.29 is 14.7 Å². The maximum absolute atomic E-state index is 10.3. The van der Waals surface area contributed by atoms with Crippen molar-refractivity contribution in [2.45, 2.75) is 9.79 Å². The Morgan fingerprint density at radius 1 is 0.520 bits per heavy atom. The molecule has 0 saturated carbocycles. The van der Waals surface area contributed by atoms with Gasteiger partial charge in [-0.05, 0) is 33.7 Å². The average Bonchev–Trinajstić information content (AvgIpc) is 2.61. The molecule has 0 aromatic heterocycles. The van der Waals surface area contributed by atoms with Crippen LogP contribution in [0.25, 0.3) is 21.5 Å². The van der Waals surface area contributed by atoms with Crippen LogP contribution in [0.4, 0.5) is 0 Å². The zero-order valence-electron chi connectivity index (χ0n) is 13.3. The molecule has 0 aliphatic rings. The van der Waals surface area contributed by atoms with Gasteiger partial charge < -0.3 is 14.7 Å². The fraction of sp³-hybridized carbons (Fsp3) is 0. The van der Waals surface area contributed by atoms with Gasteiger partial charge in [-0.1, -0.05) is 82.9 Å². The third-order valence-electron chi connectivity index (χ3n) is 4.16. The quantitative estimate of drug-likeness (QED) is 0.450. The lowest BCUT2D eigenvalue weighted by Crippen LogP contribution is -1.99. The van der Waals surface area contributed by atoms with Crippen molar-refractivity contribution in [3.63, 3.8) is 0 Å². The highest BCUT2D eigenvalue weighted by atomic mass is 32.5. The maximum atomic E-state index is 10.3. The van der Waals surface area contributed by atoms with Crippen LogP contribution < -0.4 is 0 Å². The third kappa shape index (κ3) is 3.04. The van der Waals surface area contributed by atoms with Crippen molar-refractivity contribution >= 4 is 38.3 Å². The summed E-state index contributed by atoms with van der Waals surface area (Å²) in [6.07, 6.45) is 0. The van der Waals surface area contributed by atoms with Gasteiger partial charge in [-0.2, -0.15) is 0 Å². The Hall–Kier alpha value is -1.94. The van der Waals surface area contributed by atoms with E-state index in [1.807, 2.05) is 84.9 Å². The standard InChI is InChI=1S/C20H17O3PS/c21-24(22,23)25(19-13-5-9-15-7-1-3-11-17(15)19)20-14-6-10-16-8-2-4-12-18(16)20/h1-14,21-23H. The molecule has 25 heavy (non-hydrogen) atoms. The van der Waals surface area contributed by atoms with E-state index in [4.69, 9.17) is 0 Å². The Bertz CT molecular complexity index is 1050. The lowest BCUT2D eigenvalue weighted by molar-refractivity contribution is 0.362. The van der Waals surface area contributed by atoms with E-state index in [1.165, 1.54) is 0 Å². The minimum absolute atomic E-state index is 0.746. The predicted molar refractivity (Wildman–Crippen MR) is 105 cm³/mol. The number of benzene rings is 4. The van der Waals surface area contributed by atoms with Crippen LogP contribution in [0.5, 0.6) is 0 Å². The van der Waals surface area contributed by atoms with Crippen molar-refractivity contribution in [3.8, 4) is 0 Å². The number of hydrogen-bond donors (Lipinski definition) is 3. The smallest absolute Gasteiger partial charge is 0.286 e. The summed E-state index contributed by atoms with van der Waals surface area (Å²) in [6, 6.07) is 27.1. The van der Waals surface area contributed by atoms with Gasteiger partial charge in [0, 0.05) is 9.79 Å². The first kappa shape index (κ1) is 16.5. The van der Waals surface area contributed by atoms with Gasteiger partial charge in [-0.15, -0.1) is 0 Å². The molecule has 0 aliphatic heterocycles. The molecular formula is C20H17O3PS. The molecule has 3 nitrogen and oxygen atoms in total. The van der Waals surface area contributed by atoms with E-state index >= 15 is 0 Å². The van der Waals surface area contributed by atoms with Gasteiger partial charge in [0.15, 0.2) is 0 Å². The van der Waals surface area contributed by atoms with E-state index in [0.29, 0.717) is 0 Å². The monoisotopic (exact) mass is 368 g/mol. The minimum atomic E-state index is -4.15. The fourth-order valence-corrected chi connectivity index (χ4v) is 7.62. The number of fused-ring (bicyclic) bond motifs is 2. The van der Waals surface area contributed by atoms with Crippen LogP contribution in [-0.4, -0.2) is 14.7 Å². The first-order chi connectivity index (χ1) is 12.1. The summed E-state index contributed by atoms with van der Waals surface area (Å²) in [4.78, 5) is 32.5. The number of rotatable bonds is 2. The molecule has 0 spiro atoms. The topological polar surface area (TPSA) is 60.7 Å². The molecule has 3 N–H and O–H groups in total. The molecule has 0 amide bonds. The van der Waals surface area contributed by atoms with Crippen molar-refractivity contribution in [2.75, 3.05) is 0 Å². The molecule has 0 heterocycles. The van der Waals surface area contributed by atoms with Crippen LogP contribution in [-0.2, 0) is 10.1 Å². The van der Waals surface area contributed by atoms with Gasteiger partial charge in [0.05, 0.1) is 0 Å². The summed E-state index contributed by atoms with van der Waals surface area (Å²) >= 11 is 0. The lowest BCUT2D eigenvalue weighted by atomic mass is 10.1. The Balaban J connectivity index is 2.13. The van der Waals surface area contributed by atoms with E-state index in [2.05, 4.69) is 0 Å². The first-order valence-corrected chi connectivity index (χ1v) is 11.3. The number of hydrogen-bond acceptors (Lipinski definition) is 0. The van der Waals surface area contributed by atoms with Gasteiger partial charge in [0.25, 0.3) is 6.72 Å². The van der Waals surface area contributed by atoms with Crippen LogP contribution >= 0.6 is 6.72 Å². The van der Waals surface area contributed by atoms with Crippen LogP contribution in [0.3, 0.4) is 0 Å². The molecular weight excluding hydrogens is 351 g/mol. The van der Waals surface area contributed by atoms with Crippen molar-refractivity contribution in [1.29, 1.82) is 0 Å². The Morgan fingerprint density at radius 2 is 0.920 bits per heavy atom. The molecule has 5 heteroatoms. The first-order valence-electron chi connectivity index (χ1n) is 7.83. The van der Waals surface area contributed by atoms with E-state index < -0.39 is 16.8 Å². The second kappa shape index (κ2) is 6.41. The summed E-state index contributed by atoms with van der Waals surface area (Å²) in [6.45, 7) is -4.15. The highest BCUT2D eigenvalue weighted by Gasteiger charge is 2.20. The van der Waals surface area contributed by atoms with E-state index in [0.717, 1.165) is 31.3 Å². The van der Waals surface area contributed by atoms with Gasteiger partial charge in [0.2, 0.25) is 0 Å². The zero-order valence-corrected chi connectivity index (χ0v) is 15.0. The molecule has 0 fully saturated rings. The highest BCUT2D eigenvalue weighted by Crippen LogP contribution is 2.46. The van der Waals surface area contributed by atoms with Crippen molar-refractivity contribution in [2.24, 2.45) is 0 Å². The van der Waals surface area contributed by atoms with Crippen LogP contribution in [0.1, 0.15) is 0 Å². The van der Waals surface area contributed by atoms with Crippen LogP contribution in [0.15, 0.2) is 94.7 Å². The molecule has 0 radical (unpaired) electrons. The minimum Gasteiger partial charge on any atom is -0.328 e. The predicted octanol–water partition coefficient (Wildman–Crippen LogP) is 4.68.